The molecular formula is C78H53N. The third-order valence-corrected chi connectivity index (χ3v) is 17.0. The van der Waals surface area contributed by atoms with Crippen molar-refractivity contribution < 1.29 is 0 Å². The zero-order valence-corrected chi connectivity index (χ0v) is 43.5. The van der Waals surface area contributed by atoms with E-state index in [1.54, 1.807) is 0 Å². The van der Waals surface area contributed by atoms with E-state index >= 15 is 0 Å². The van der Waals surface area contributed by atoms with Crippen LogP contribution in [0.15, 0.2) is 322 Å². The molecule has 0 spiro atoms. The van der Waals surface area contributed by atoms with Gasteiger partial charge in [0.2, 0.25) is 0 Å². The second kappa shape index (κ2) is 18.9. The lowest BCUT2D eigenvalue weighted by Gasteiger charge is -2.34. The predicted molar refractivity (Wildman–Crippen MR) is 330 cm³/mol. The Morgan fingerprint density at radius 2 is 0.570 bits per heavy atom. The van der Waals surface area contributed by atoms with Crippen molar-refractivity contribution in [2.24, 2.45) is 0 Å². The lowest BCUT2D eigenvalue weighted by atomic mass is 9.67. The molecule has 0 aliphatic heterocycles. The molecule has 13 aromatic rings. The maximum absolute atomic E-state index is 2.45. The topological polar surface area (TPSA) is 3.24 Å². The Morgan fingerprint density at radius 1 is 0.203 bits per heavy atom. The smallest absolute Gasteiger partial charge is 0.0713 e. The van der Waals surface area contributed by atoms with E-state index in [0.29, 0.717) is 0 Å². The van der Waals surface area contributed by atoms with Crippen LogP contribution in [-0.4, -0.2) is 0 Å². The third kappa shape index (κ3) is 7.31. The van der Waals surface area contributed by atoms with Crippen LogP contribution in [0.4, 0.5) is 17.1 Å². The van der Waals surface area contributed by atoms with Crippen molar-refractivity contribution in [2.45, 2.75) is 10.8 Å². The van der Waals surface area contributed by atoms with Crippen LogP contribution >= 0.6 is 0 Å². The van der Waals surface area contributed by atoms with E-state index < -0.39 is 10.8 Å². The van der Waals surface area contributed by atoms with Crippen molar-refractivity contribution in [1.82, 2.24) is 0 Å². The fraction of sp³-hybridized carbons (Fsp3) is 0.0256. The molecule has 79 heavy (non-hydrogen) atoms. The molecule has 0 saturated carbocycles. The van der Waals surface area contributed by atoms with Gasteiger partial charge < -0.3 is 4.90 Å². The first-order valence-corrected chi connectivity index (χ1v) is 27.5. The van der Waals surface area contributed by atoms with Gasteiger partial charge in [-0.3, -0.25) is 0 Å². The van der Waals surface area contributed by atoms with Crippen molar-refractivity contribution in [1.29, 1.82) is 0 Å². The molecule has 0 fully saturated rings. The highest BCUT2D eigenvalue weighted by Gasteiger charge is 2.47. The number of nitrogens with zero attached hydrogens (tertiary/aromatic N) is 1. The summed E-state index contributed by atoms with van der Waals surface area (Å²) in [5, 5.41) is 2.47. The largest absolute Gasteiger partial charge is 0.310 e. The maximum atomic E-state index is 2.45. The van der Waals surface area contributed by atoms with Crippen LogP contribution in [0, 0.1) is 0 Å². The number of hydrogen-bond donors (Lipinski definition) is 0. The summed E-state index contributed by atoms with van der Waals surface area (Å²) in [6, 6.07) is 119. The lowest BCUT2D eigenvalue weighted by molar-refractivity contribution is 0.769. The molecule has 0 bridgehead atoms. The zero-order chi connectivity index (χ0) is 52.3. The minimum Gasteiger partial charge on any atom is -0.310 e. The van der Waals surface area contributed by atoms with Gasteiger partial charge in [0.25, 0.3) is 0 Å². The molecule has 0 atom stereocenters. The fourth-order valence-electron chi connectivity index (χ4n) is 13.6. The van der Waals surface area contributed by atoms with Crippen molar-refractivity contribution >= 4 is 27.8 Å². The minimum absolute atomic E-state index is 0.472. The summed E-state index contributed by atoms with van der Waals surface area (Å²) in [6.07, 6.45) is 0. The summed E-state index contributed by atoms with van der Waals surface area (Å²) in [4.78, 5) is 2.41. The summed E-state index contributed by atoms with van der Waals surface area (Å²) in [6.45, 7) is 0. The Bertz CT molecular complexity index is 4080. The molecule has 15 rings (SSSR count). The van der Waals surface area contributed by atoms with E-state index in [9.17, 15) is 0 Å². The molecule has 0 heterocycles. The average Bonchev–Trinajstić information content (AvgIpc) is 3.19. The van der Waals surface area contributed by atoms with Crippen LogP contribution in [0.2, 0.25) is 0 Å². The van der Waals surface area contributed by atoms with Gasteiger partial charge in [-0.25, -0.2) is 0 Å². The second-order valence-electron chi connectivity index (χ2n) is 21.1. The first-order chi connectivity index (χ1) is 39.2. The van der Waals surface area contributed by atoms with Gasteiger partial charge in [-0.15, -0.1) is 0 Å². The van der Waals surface area contributed by atoms with Gasteiger partial charge in [0.05, 0.1) is 10.8 Å². The number of rotatable bonds is 10. The van der Waals surface area contributed by atoms with Crippen LogP contribution in [0.25, 0.3) is 66.4 Å². The zero-order valence-electron chi connectivity index (χ0n) is 43.5. The van der Waals surface area contributed by atoms with Crippen molar-refractivity contribution in [3.05, 3.63) is 366 Å². The van der Waals surface area contributed by atoms with Crippen LogP contribution < -0.4 is 4.90 Å². The van der Waals surface area contributed by atoms with Gasteiger partial charge in [0, 0.05) is 17.1 Å². The Kier molecular flexibility index (Phi) is 11.1. The molecule has 0 amide bonds. The lowest BCUT2D eigenvalue weighted by Crippen LogP contribution is -2.28. The van der Waals surface area contributed by atoms with Crippen LogP contribution in [0.1, 0.15) is 44.5 Å². The molecule has 2 aliphatic rings. The SMILES string of the molecule is c1ccc(C2(c3ccccc3)c3ccccc3-c3ccc(-c4ccc(N(c5ccc(-c6ccc7c(c6)C(c6ccccc6)(c6ccccc6)c6ccccc6-7)cc5)c5cccc(-c6cccc7ccccc67)c5)cc4)cc32)cc1. The summed E-state index contributed by atoms with van der Waals surface area (Å²) in [7, 11) is 0. The average molecular weight is 1000 g/mol. The van der Waals surface area contributed by atoms with Gasteiger partial charge in [-0.1, -0.05) is 273 Å². The van der Waals surface area contributed by atoms with Crippen molar-refractivity contribution in [2.75, 3.05) is 4.90 Å². The predicted octanol–water partition coefficient (Wildman–Crippen LogP) is 20.0. The number of anilines is 3. The third-order valence-electron chi connectivity index (χ3n) is 17.0. The molecule has 13 aromatic carbocycles. The molecule has 1 nitrogen and oxygen atoms in total. The van der Waals surface area contributed by atoms with Crippen LogP contribution in [-0.2, 0) is 10.8 Å². The van der Waals surface area contributed by atoms with E-state index in [-0.39, 0.29) is 0 Å². The van der Waals surface area contributed by atoms with Gasteiger partial charge in [-0.2, -0.15) is 0 Å². The summed E-state index contributed by atoms with van der Waals surface area (Å²) >= 11 is 0. The second-order valence-corrected chi connectivity index (χ2v) is 21.1. The first kappa shape index (κ1) is 46.2. The molecule has 370 valence electrons. The van der Waals surface area contributed by atoms with Gasteiger partial charge in [0.15, 0.2) is 0 Å². The minimum atomic E-state index is -0.472. The Balaban J connectivity index is 0.848. The number of fused-ring (bicyclic) bond motifs is 7. The quantitative estimate of drug-likeness (QED) is 0.132. The molecule has 0 aromatic heterocycles. The van der Waals surface area contributed by atoms with Crippen molar-refractivity contribution in [3.63, 3.8) is 0 Å². The van der Waals surface area contributed by atoms with Gasteiger partial charge in [0.1, 0.15) is 0 Å². The molecule has 0 radical (unpaired) electrons. The maximum Gasteiger partial charge on any atom is 0.0713 e. The van der Waals surface area contributed by atoms with Gasteiger partial charge >= 0.3 is 0 Å². The van der Waals surface area contributed by atoms with E-state index in [4.69, 9.17) is 0 Å². The van der Waals surface area contributed by atoms with Crippen LogP contribution in [0.3, 0.4) is 0 Å². The fourth-order valence-corrected chi connectivity index (χ4v) is 13.6. The molecule has 0 unspecified atom stereocenters. The highest BCUT2D eigenvalue weighted by molar-refractivity contribution is 5.98. The molecular weight excluding hydrogens is 951 g/mol. The van der Waals surface area contributed by atoms with E-state index in [1.807, 2.05) is 0 Å². The molecule has 2 aliphatic carbocycles. The van der Waals surface area contributed by atoms with E-state index in [2.05, 4.69) is 326 Å². The van der Waals surface area contributed by atoms with E-state index in [0.717, 1.165) is 28.2 Å². The molecule has 0 saturated heterocycles. The molecule has 1 heteroatoms. The number of hydrogen-bond acceptors (Lipinski definition) is 1. The Hall–Kier alpha value is -10.1. The molecule has 0 N–H and O–H groups in total. The highest BCUT2D eigenvalue weighted by atomic mass is 15.1. The monoisotopic (exact) mass is 1000 g/mol. The highest BCUT2D eigenvalue weighted by Crippen LogP contribution is 2.58. The Morgan fingerprint density at radius 3 is 1.05 bits per heavy atom. The normalized spacial score (nSPS) is 13.3. The Labute approximate surface area is 462 Å². The summed E-state index contributed by atoms with van der Waals surface area (Å²) in [5.74, 6) is 0. The number of benzene rings is 13. The standard InChI is InChI=1S/C78H53N/c1-5-24-60(25-6-1)77(61-26-7-2-8-27-61)73-37-17-15-34-69(73)71-49-43-57(52-75(71)77)54-39-45-64(46-40-54)79(66-32-19-23-59(51-66)68-36-20-22-56-21-13-14-33-67(56)68)65-47-41-55(42-48-65)58-44-50-72-70-35-16-18-38-74(70)78(76(72)53-58,62-28-9-3-10-29-62)63-30-11-4-12-31-63/h1-53H. The summed E-state index contributed by atoms with van der Waals surface area (Å²) < 4.78 is 0. The van der Waals surface area contributed by atoms with Gasteiger partial charge in [-0.05, 0) is 159 Å². The van der Waals surface area contributed by atoms with Crippen LogP contribution in [0.5, 0.6) is 0 Å². The first-order valence-electron chi connectivity index (χ1n) is 27.5. The summed E-state index contributed by atoms with van der Waals surface area (Å²) in [5.41, 5.74) is 24.8. The van der Waals surface area contributed by atoms with Crippen molar-refractivity contribution in [3.8, 4) is 55.6 Å². The van der Waals surface area contributed by atoms with E-state index in [1.165, 1.54) is 99.8 Å².